The van der Waals surface area contributed by atoms with Crippen LogP contribution in [-0.2, 0) is 7.05 Å². The third-order valence-corrected chi connectivity index (χ3v) is 4.58. The Kier molecular flexibility index (Phi) is 5.49. The van der Waals surface area contributed by atoms with Crippen LogP contribution in [0.1, 0.15) is 28.2 Å². The zero-order valence-electron chi connectivity index (χ0n) is 13.0. The van der Waals surface area contributed by atoms with E-state index in [2.05, 4.69) is 16.5 Å². The van der Waals surface area contributed by atoms with Crippen LogP contribution in [-0.4, -0.2) is 33.0 Å². The molecule has 2 aromatic rings. The Labute approximate surface area is 134 Å². The van der Waals surface area contributed by atoms with E-state index < -0.39 is 5.97 Å². The maximum Gasteiger partial charge on any atom is 0.335 e. The Bertz CT molecular complexity index is 650. The fourth-order valence-electron chi connectivity index (χ4n) is 1.92. The van der Waals surface area contributed by atoms with Crippen molar-refractivity contribution in [1.82, 2.24) is 9.55 Å². The van der Waals surface area contributed by atoms with Gasteiger partial charge in [0.05, 0.1) is 17.9 Å². The summed E-state index contributed by atoms with van der Waals surface area (Å²) in [7, 11) is 2.03. The number of thioether (sulfide) groups is 1. The Morgan fingerprint density at radius 2 is 2.00 bits per heavy atom. The average molecular weight is 320 g/mol. The van der Waals surface area contributed by atoms with Gasteiger partial charge < -0.3 is 14.4 Å². The van der Waals surface area contributed by atoms with Gasteiger partial charge in [-0.15, -0.1) is 0 Å². The predicted octanol–water partition coefficient (Wildman–Crippen LogP) is 3.30. The number of benzene rings is 1. The van der Waals surface area contributed by atoms with Crippen LogP contribution in [0.5, 0.6) is 5.75 Å². The van der Waals surface area contributed by atoms with Crippen molar-refractivity contribution in [3.8, 4) is 5.75 Å². The molecule has 1 heterocycles. The summed E-state index contributed by atoms with van der Waals surface area (Å²) in [5.74, 6) is 0.694. The molecular weight excluding hydrogens is 300 g/mol. The quantitative estimate of drug-likeness (QED) is 0.626. The minimum atomic E-state index is -0.927. The molecule has 6 heteroatoms. The average Bonchev–Trinajstić information content (AvgIpc) is 2.75. The monoisotopic (exact) mass is 320 g/mol. The summed E-state index contributed by atoms with van der Waals surface area (Å²) in [5.41, 5.74) is 2.53. The lowest BCUT2D eigenvalue weighted by atomic mass is 10.2. The van der Waals surface area contributed by atoms with E-state index in [1.165, 1.54) is 5.69 Å². The second kappa shape index (κ2) is 7.35. The van der Waals surface area contributed by atoms with Crippen LogP contribution in [0, 0.1) is 13.8 Å². The molecular formula is C16H20N2O3S. The maximum atomic E-state index is 10.7. The lowest BCUT2D eigenvalue weighted by Crippen LogP contribution is -2.01. The second-order valence-corrected chi connectivity index (χ2v) is 6.07. The van der Waals surface area contributed by atoms with Gasteiger partial charge in [0, 0.05) is 18.5 Å². The number of imidazole rings is 1. The molecule has 0 radical (unpaired) electrons. The van der Waals surface area contributed by atoms with Crippen molar-refractivity contribution in [1.29, 1.82) is 0 Å². The number of rotatable bonds is 7. The van der Waals surface area contributed by atoms with Gasteiger partial charge in [0.2, 0.25) is 0 Å². The number of aromatic nitrogens is 2. The van der Waals surface area contributed by atoms with Gasteiger partial charge in [-0.25, -0.2) is 9.78 Å². The van der Waals surface area contributed by atoms with Crippen LogP contribution in [0.25, 0.3) is 0 Å². The fraction of sp³-hybridized carbons (Fsp3) is 0.375. The summed E-state index contributed by atoms with van der Waals surface area (Å²) in [4.78, 5) is 15.3. The number of aromatic carboxylic acids is 1. The minimum Gasteiger partial charge on any atom is -0.494 e. The van der Waals surface area contributed by atoms with Crippen molar-refractivity contribution >= 4 is 17.7 Å². The molecule has 1 aromatic heterocycles. The van der Waals surface area contributed by atoms with Gasteiger partial charge in [-0.1, -0.05) is 11.8 Å². The van der Waals surface area contributed by atoms with E-state index in [1.54, 1.807) is 36.0 Å². The molecule has 0 bridgehead atoms. The molecule has 1 N–H and O–H groups in total. The molecule has 0 aliphatic heterocycles. The normalized spacial score (nSPS) is 10.7. The molecule has 2 rings (SSSR count). The lowest BCUT2D eigenvalue weighted by molar-refractivity contribution is 0.0697. The van der Waals surface area contributed by atoms with E-state index in [1.807, 2.05) is 14.0 Å². The summed E-state index contributed by atoms with van der Waals surface area (Å²) in [6, 6.07) is 6.46. The van der Waals surface area contributed by atoms with Crippen molar-refractivity contribution in [2.24, 2.45) is 7.05 Å². The molecule has 0 aliphatic rings. The summed E-state index contributed by atoms with van der Waals surface area (Å²) >= 11 is 1.72. The fourth-order valence-corrected chi connectivity index (χ4v) is 2.90. The molecule has 0 fully saturated rings. The first-order valence-electron chi connectivity index (χ1n) is 7.08. The number of hydrogen-bond acceptors (Lipinski definition) is 4. The van der Waals surface area contributed by atoms with Gasteiger partial charge in [0.15, 0.2) is 5.16 Å². The van der Waals surface area contributed by atoms with E-state index >= 15 is 0 Å². The van der Waals surface area contributed by atoms with Gasteiger partial charge in [0.25, 0.3) is 0 Å². The number of carboxylic acids is 1. The van der Waals surface area contributed by atoms with Gasteiger partial charge >= 0.3 is 5.97 Å². The van der Waals surface area contributed by atoms with Gasteiger partial charge in [0.1, 0.15) is 5.75 Å². The number of carbonyl (C=O) groups is 1. The first-order valence-corrected chi connectivity index (χ1v) is 8.06. The van der Waals surface area contributed by atoms with Crippen molar-refractivity contribution < 1.29 is 14.6 Å². The number of nitrogens with zero attached hydrogens (tertiary/aromatic N) is 2. The SMILES string of the molecule is Cc1nc(SCCCOc2ccc(C(=O)O)cc2)n(C)c1C. The van der Waals surface area contributed by atoms with E-state index in [-0.39, 0.29) is 5.56 Å². The number of hydrogen-bond donors (Lipinski definition) is 1. The molecule has 0 atom stereocenters. The highest BCUT2D eigenvalue weighted by atomic mass is 32.2. The van der Waals surface area contributed by atoms with Gasteiger partial charge in [-0.3, -0.25) is 0 Å². The Morgan fingerprint density at radius 1 is 1.32 bits per heavy atom. The van der Waals surface area contributed by atoms with E-state index in [0.717, 1.165) is 23.0 Å². The molecule has 22 heavy (non-hydrogen) atoms. The van der Waals surface area contributed by atoms with E-state index in [4.69, 9.17) is 9.84 Å². The first-order chi connectivity index (χ1) is 10.5. The van der Waals surface area contributed by atoms with E-state index in [0.29, 0.717) is 12.4 Å². The van der Waals surface area contributed by atoms with Crippen molar-refractivity contribution in [3.05, 3.63) is 41.2 Å². The van der Waals surface area contributed by atoms with Crippen LogP contribution in [0.15, 0.2) is 29.4 Å². The summed E-state index contributed by atoms with van der Waals surface area (Å²) in [5, 5.41) is 9.85. The van der Waals surface area contributed by atoms with E-state index in [9.17, 15) is 4.79 Å². The van der Waals surface area contributed by atoms with Gasteiger partial charge in [-0.2, -0.15) is 0 Å². The smallest absolute Gasteiger partial charge is 0.335 e. The first kappa shape index (κ1) is 16.4. The van der Waals surface area contributed by atoms with Gasteiger partial charge in [-0.05, 0) is 44.5 Å². The third-order valence-electron chi connectivity index (χ3n) is 3.47. The Morgan fingerprint density at radius 3 is 2.55 bits per heavy atom. The molecule has 1 aromatic carbocycles. The zero-order chi connectivity index (χ0) is 16.1. The van der Waals surface area contributed by atoms with Crippen LogP contribution >= 0.6 is 11.8 Å². The number of ether oxygens (including phenoxy) is 1. The molecule has 118 valence electrons. The molecule has 0 unspecified atom stereocenters. The molecule has 0 spiro atoms. The lowest BCUT2D eigenvalue weighted by Gasteiger charge is -2.06. The van der Waals surface area contributed by atoms with Crippen LogP contribution in [0.4, 0.5) is 0 Å². The maximum absolute atomic E-state index is 10.7. The standard InChI is InChI=1S/C16H20N2O3S/c1-11-12(2)18(3)16(17-11)22-10-4-9-21-14-7-5-13(6-8-14)15(19)20/h5-8H,4,9-10H2,1-3H3,(H,19,20). The summed E-state index contributed by atoms with van der Waals surface area (Å²) in [6.07, 6.45) is 0.899. The van der Waals surface area contributed by atoms with Crippen LogP contribution in [0.2, 0.25) is 0 Å². The zero-order valence-corrected chi connectivity index (χ0v) is 13.8. The summed E-state index contributed by atoms with van der Waals surface area (Å²) < 4.78 is 7.71. The number of carboxylic acid groups (broad SMARTS) is 1. The predicted molar refractivity (Wildman–Crippen MR) is 86.9 cm³/mol. The molecule has 0 saturated carbocycles. The highest BCUT2D eigenvalue weighted by Crippen LogP contribution is 2.20. The molecule has 0 saturated heterocycles. The topological polar surface area (TPSA) is 64.3 Å². The van der Waals surface area contributed by atoms with Crippen LogP contribution < -0.4 is 4.74 Å². The van der Waals surface area contributed by atoms with Crippen LogP contribution in [0.3, 0.4) is 0 Å². The Hall–Kier alpha value is -1.95. The summed E-state index contributed by atoms with van der Waals surface area (Å²) in [6.45, 7) is 4.68. The molecule has 5 nitrogen and oxygen atoms in total. The highest BCUT2D eigenvalue weighted by Gasteiger charge is 2.07. The largest absolute Gasteiger partial charge is 0.494 e. The second-order valence-electron chi connectivity index (χ2n) is 5.00. The third kappa shape index (κ3) is 4.04. The number of aryl methyl sites for hydroxylation is 1. The highest BCUT2D eigenvalue weighted by molar-refractivity contribution is 7.99. The minimum absolute atomic E-state index is 0.267. The van der Waals surface area contributed by atoms with Crippen molar-refractivity contribution in [3.63, 3.8) is 0 Å². The molecule has 0 amide bonds. The molecule has 0 aliphatic carbocycles. The van der Waals surface area contributed by atoms with Crippen molar-refractivity contribution in [2.45, 2.75) is 25.4 Å². The Balaban J connectivity index is 1.73. The van der Waals surface area contributed by atoms with Crippen molar-refractivity contribution in [2.75, 3.05) is 12.4 Å².